The van der Waals surface area contributed by atoms with Crippen LogP contribution in [0.5, 0.6) is 0 Å². The number of hydrogen-bond donors (Lipinski definition) is 1. The Morgan fingerprint density at radius 2 is 1.82 bits per heavy atom. The van der Waals surface area contributed by atoms with E-state index < -0.39 is 17.5 Å². The third kappa shape index (κ3) is 4.19. The van der Waals surface area contributed by atoms with Crippen LogP contribution in [-0.4, -0.2) is 22.3 Å². The second-order valence-electron chi connectivity index (χ2n) is 8.09. The Morgan fingerprint density at radius 3 is 2.64 bits per heavy atom. The van der Waals surface area contributed by atoms with Crippen LogP contribution in [0, 0.1) is 17.5 Å². The van der Waals surface area contributed by atoms with Crippen molar-refractivity contribution >= 4 is 22.4 Å². The van der Waals surface area contributed by atoms with E-state index >= 15 is 0 Å². The van der Waals surface area contributed by atoms with E-state index in [4.69, 9.17) is 0 Å². The number of rotatable bonds is 4. The zero-order valence-electron chi connectivity index (χ0n) is 17.6. The van der Waals surface area contributed by atoms with Crippen molar-refractivity contribution in [3.05, 3.63) is 107 Å². The maximum atomic E-state index is 14.1. The lowest BCUT2D eigenvalue weighted by molar-refractivity contribution is 0.102. The molecule has 2 heterocycles. The fourth-order valence-corrected chi connectivity index (χ4v) is 4.34. The van der Waals surface area contributed by atoms with Crippen molar-refractivity contribution in [1.29, 1.82) is 0 Å². The summed E-state index contributed by atoms with van der Waals surface area (Å²) in [5, 5.41) is 4.40. The molecule has 0 bridgehead atoms. The fraction of sp³-hybridized carbons (Fsp3) is 0.154. The number of benzene rings is 3. The summed E-state index contributed by atoms with van der Waals surface area (Å²) < 4.78 is 41.1. The average molecular weight is 447 g/mol. The molecule has 0 radical (unpaired) electrons. The number of fused-ring (bicyclic) bond motifs is 2. The topological polar surface area (TPSA) is 45.2 Å². The Morgan fingerprint density at radius 1 is 0.970 bits per heavy atom. The maximum Gasteiger partial charge on any atom is 0.256 e. The summed E-state index contributed by atoms with van der Waals surface area (Å²) >= 11 is 0. The molecule has 1 N–H and O–H groups in total. The van der Waals surface area contributed by atoms with Crippen molar-refractivity contribution in [2.45, 2.75) is 19.5 Å². The highest BCUT2D eigenvalue weighted by atomic mass is 19.2. The molecule has 0 saturated heterocycles. The number of carbonyl (C=O) groups excluding carboxylic acids is 1. The van der Waals surface area contributed by atoms with Crippen LogP contribution in [0.1, 0.15) is 27.2 Å². The molecule has 166 valence electrons. The van der Waals surface area contributed by atoms with Gasteiger partial charge in [-0.25, -0.2) is 13.2 Å². The van der Waals surface area contributed by atoms with Crippen LogP contribution in [0.25, 0.3) is 10.8 Å². The highest BCUT2D eigenvalue weighted by Gasteiger charge is 2.25. The minimum atomic E-state index is -1.03. The van der Waals surface area contributed by atoms with Gasteiger partial charge in [0.2, 0.25) is 0 Å². The zero-order valence-corrected chi connectivity index (χ0v) is 17.6. The number of pyridine rings is 1. The highest BCUT2D eigenvalue weighted by Crippen LogP contribution is 2.32. The number of nitrogens with zero attached hydrogens (tertiary/aromatic N) is 2. The van der Waals surface area contributed by atoms with Gasteiger partial charge in [0.1, 0.15) is 5.82 Å². The quantitative estimate of drug-likeness (QED) is 0.452. The van der Waals surface area contributed by atoms with Crippen LogP contribution in [-0.2, 0) is 19.5 Å². The molecule has 3 aromatic carbocycles. The molecule has 1 aliphatic rings. The molecule has 33 heavy (non-hydrogen) atoms. The summed E-state index contributed by atoms with van der Waals surface area (Å²) in [4.78, 5) is 19.6. The second-order valence-corrected chi connectivity index (χ2v) is 8.09. The van der Waals surface area contributed by atoms with E-state index in [2.05, 4.69) is 21.3 Å². The van der Waals surface area contributed by atoms with Crippen LogP contribution in [0.4, 0.5) is 18.9 Å². The average Bonchev–Trinajstić information content (AvgIpc) is 2.81. The first kappa shape index (κ1) is 21.2. The van der Waals surface area contributed by atoms with Crippen molar-refractivity contribution in [3.8, 4) is 0 Å². The van der Waals surface area contributed by atoms with Gasteiger partial charge in [-0.3, -0.25) is 14.7 Å². The molecule has 7 heteroatoms. The Bertz CT molecular complexity index is 1370. The SMILES string of the molecule is O=C(Nc1ccc(F)c(F)c1)c1c2c(cc3ccccc13)CCN(Cc1ncccc1F)C2. The monoisotopic (exact) mass is 447 g/mol. The predicted octanol–water partition coefficient (Wildman–Crippen LogP) is 5.46. The Balaban J connectivity index is 1.53. The number of halogens is 3. The molecule has 4 aromatic rings. The summed E-state index contributed by atoms with van der Waals surface area (Å²) in [6.45, 7) is 1.46. The lowest BCUT2D eigenvalue weighted by Gasteiger charge is -2.30. The Kier molecular flexibility index (Phi) is 5.56. The molecule has 0 spiro atoms. The van der Waals surface area contributed by atoms with E-state index in [-0.39, 0.29) is 11.5 Å². The molecule has 4 nitrogen and oxygen atoms in total. The molecule has 5 rings (SSSR count). The summed E-state index contributed by atoms with van der Waals surface area (Å²) in [5.74, 6) is -2.78. The number of nitrogens with one attached hydrogen (secondary N) is 1. The van der Waals surface area contributed by atoms with Crippen molar-refractivity contribution in [2.75, 3.05) is 11.9 Å². The zero-order chi connectivity index (χ0) is 22.9. The molecular formula is C26H20F3N3O. The second kappa shape index (κ2) is 8.67. The first-order valence-electron chi connectivity index (χ1n) is 10.6. The summed E-state index contributed by atoms with van der Waals surface area (Å²) in [6, 6.07) is 15.9. The molecular weight excluding hydrogens is 427 g/mol. The van der Waals surface area contributed by atoms with Crippen LogP contribution in [0.3, 0.4) is 0 Å². The van der Waals surface area contributed by atoms with E-state index in [1.807, 2.05) is 24.3 Å². The largest absolute Gasteiger partial charge is 0.322 e. The van der Waals surface area contributed by atoms with Crippen LogP contribution in [0.2, 0.25) is 0 Å². The third-order valence-electron chi connectivity index (χ3n) is 5.94. The molecule has 1 amide bonds. The highest BCUT2D eigenvalue weighted by molar-refractivity contribution is 6.14. The van der Waals surface area contributed by atoms with Crippen LogP contribution >= 0.6 is 0 Å². The minimum absolute atomic E-state index is 0.170. The number of hydrogen-bond acceptors (Lipinski definition) is 3. The van der Waals surface area contributed by atoms with Gasteiger partial charge in [0.15, 0.2) is 11.6 Å². The normalized spacial score (nSPS) is 13.7. The van der Waals surface area contributed by atoms with Crippen molar-refractivity contribution < 1.29 is 18.0 Å². The van der Waals surface area contributed by atoms with Gasteiger partial charge in [-0.2, -0.15) is 0 Å². The Hall–Kier alpha value is -3.71. The van der Waals surface area contributed by atoms with Gasteiger partial charge in [-0.05, 0) is 52.6 Å². The van der Waals surface area contributed by atoms with E-state index in [1.165, 1.54) is 12.1 Å². The smallest absolute Gasteiger partial charge is 0.256 e. The first-order valence-corrected chi connectivity index (χ1v) is 10.6. The van der Waals surface area contributed by atoms with Crippen LogP contribution in [0.15, 0.2) is 66.9 Å². The van der Waals surface area contributed by atoms with Crippen molar-refractivity contribution in [2.24, 2.45) is 0 Å². The number of aromatic nitrogens is 1. The standard InChI is InChI=1S/C26H20F3N3O/c27-21-8-7-18(13-23(21)29)31-26(33)25-19-5-2-1-4-16(19)12-17-9-11-32(14-20(17)25)15-24-22(28)6-3-10-30-24/h1-8,10,12-13H,9,11,14-15H2,(H,31,33). The van der Waals surface area contributed by atoms with Gasteiger partial charge in [-0.1, -0.05) is 30.3 Å². The molecule has 1 aliphatic heterocycles. The molecule has 1 aromatic heterocycles. The number of amides is 1. The first-order chi connectivity index (χ1) is 16.0. The lowest BCUT2D eigenvalue weighted by Crippen LogP contribution is -2.32. The van der Waals surface area contributed by atoms with Gasteiger partial charge in [0.05, 0.1) is 11.3 Å². The van der Waals surface area contributed by atoms with Crippen molar-refractivity contribution in [3.63, 3.8) is 0 Å². The fourth-order valence-electron chi connectivity index (χ4n) is 4.34. The van der Waals surface area contributed by atoms with Gasteiger partial charge < -0.3 is 5.32 Å². The summed E-state index contributed by atoms with van der Waals surface area (Å²) in [6.07, 6.45) is 2.25. The van der Waals surface area contributed by atoms with Gasteiger partial charge in [0.25, 0.3) is 5.91 Å². The van der Waals surface area contributed by atoms with E-state index in [9.17, 15) is 18.0 Å². The Labute approximate surface area is 188 Å². The third-order valence-corrected chi connectivity index (χ3v) is 5.94. The van der Waals surface area contributed by atoms with E-state index in [0.717, 1.165) is 34.0 Å². The lowest BCUT2D eigenvalue weighted by atomic mass is 9.89. The van der Waals surface area contributed by atoms with Gasteiger partial charge >= 0.3 is 0 Å². The molecule has 0 saturated carbocycles. The molecule has 0 unspecified atom stereocenters. The van der Waals surface area contributed by atoms with Crippen LogP contribution < -0.4 is 5.32 Å². The molecule has 0 atom stereocenters. The van der Waals surface area contributed by atoms with Crippen molar-refractivity contribution in [1.82, 2.24) is 9.88 Å². The van der Waals surface area contributed by atoms with Gasteiger partial charge in [-0.15, -0.1) is 0 Å². The summed E-state index contributed by atoms with van der Waals surface area (Å²) in [7, 11) is 0. The molecule has 0 fully saturated rings. The van der Waals surface area contributed by atoms with Gasteiger partial charge in [0, 0.05) is 37.6 Å². The molecule has 0 aliphatic carbocycles. The minimum Gasteiger partial charge on any atom is -0.322 e. The summed E-state index contributed by atoms with van der Waals surface area (Å²) in [5.41, 5.74) is 2.90. The predicted molar refractivity (Wildman–Crippen MR) is 120 cm³/mol. The van der Waals surface area contributed by atoms with E-state index in [1.54, 1.807) is 12.3 Å². The van der Waals surface area contributed by atoms with E-state index in [0.29, 0.717) is 37.3 Å². The maximum absolute atomic E-state index is 14.1. The number of carbonyl (C=O) groups is 1. The number of anilines is 1.